The van der Waals surface area contributed by atoms with Crippen LogP contribution < -0.4 is 32.3 Å². The molecule has 1 fully saturated rings. The van der Waals surface area contributed by atoms with Gasteiger partial charge in [0.25, 0.3) is 11.8 Å². The zero-order valence-electron chi connectivity index (χ0n) is 47.8. The number of hydrogen-bond donors (Lipinski definition) is 9. The number of carboxylic acid groups (broad SMARTS) is 2. The van der Waals surface area contributed by atoms with Gasteiger partial charge in [0, 0.05) is 88.2 Å². The van der Waals surface area contributed by atoms with E-state index in [1.54, 1.807) is 55.8 Å². The van der Waals surface area contributed by atoms with Gasteiger partial charge in [0.15, 0.2) is 0 Å². The average Bonchev–Trinajstić information content (AvgIpc) is 2.39. The Labute approximate surface area is 487 Å². The van der Waals surface area contributed by atoms with Crippen LogP contribution in [0.15, 0.2) is 60.8 Å². The summed E-state index contributed by atoms with van der Waals surface area (Å²) in [4.78, 5) is 173. The first-order chi connectivity index (χ1) is 39.9. The van der Waals surface area contributed by atoms with Crippen molar-refractivity contribution in [3.05, 3.63) is 83.7 Å². The first-order valence-corrected chi connectivity index (χ1v) is 27.0. The van der Waals surface area contributed by atoms with Crippen LogP contribution in [0.5, 0.6) is 0 Å². The van der Waals surface area contributed by atoms with Crippen molar-refractivity contribution in [2.75, 3.05) is 26.7 Å². The fourth-order valence-corrected chi connectivity index (χ4v) is 9.07. The van der Waals surface area contributed by atoms with Gasteiger partial charge in [0.05, 0.1) is 12.5 Å². The van der Waals surface area contributed by atoms with Crippen LogP contribution in [0.4, 0.5) is 8.78 Å². The first-order valence-electron chi connectivity index (χ1n) is 27.0. The number of hydroxylamine groups is 2. The Kier molecular flexibility index (Phi) is 25.3. The van der Waals surface area contributed by atoms with E-state index in [1.165, 1.54) is 25.8 Å². The third kappa shape index (κ3) is 20.6. The molecule has 6 atom stereocenters. The Balaban J connectivity index is 1.61. The van der Waals surface area contributed by atoms with Crippen molar-refractivity contribution in [1.82, 2.24) is 46.0 Å². The monoisotopic (exact) mass is 1190 g/mol. The second-order valence-corrected chi connectivity index (χ2v) is 21.2. The number of nitrogens with two attached hydrogens (primary N) is 1. The van der Waals surface area contributed by atoms with Gasteiger partial charge in [-0.25, -0.2) is 18.4 Å². The zero-order chi connectivity index (χ0) is 63.5. The second kappa shape index (κ2) is 31.5. The van der Waals surface area contributed by atoms with Gasteiger partial charge < -0.3 is 66.8 Å². The van der Waals surface area contributed by atoms with Crippen LogP contribution in [0, 0.1) is 17.0 Å². The van der Waals surface area contributed by atoms with E-state index in [9.17, 15) is 76.9 Å². The number of carboxylic acids is 2. The number of hydrogen-bond acceptors (Lipinski definition) is 15. The molecule has 0 bridgehead atoms. The molecular formula is C56H72F2N10O17. The van der Waals surface area contributed by atoms with Crippen molar-refractivity contribution in [3.8, 4) is 11.1 Å². The lowest BCUT2D eigenvalue weighted by Crippen LogP contribution is -2.58. The summed E-state index contributed by atoms with van der Waals surface area (Å²) < 4.78 is 31.8. The van der Waals surface area contributed by atoms with Crippen molar-refractivity contribution < 1.29 is 91.3 Å². The maximum absolute atomic E-state index is 15.4. The van der Waals surface area contributed by atoms with Gasteiger partial charge in [-0.1, -0.05) is 51.1 Å². The largest absolute Gasteiger partial charge is 0.481 e. The van der Waals surface area contributed by atoms with Crippen molar-refractivity contribution in [1.29, 1.82) is 0 Å². The lowest BCUT2D eigenvalue weighted by atomic mass is 9.82. The van der Waals surface area contributed by atoms with E-state index in [4.69, 9.17) is 15.7 Å². The Bertz CT molecular complexity index is 2970. The predicted molar refractivity (Wildman–Crippen MR) is 294 cm³/mol. The highest BCUT2D eigenvalue weighted by atomic mass is 19.1. The van der Waals surface area contributed by atoms with Crippen molar-refractivity contribution in [2.45, 2.75) is 142 Å². The van der Waals surface area contributed by atoms with E-state index < -0.39 is 182 Å². The molecule has 0 unspecified atom stereocenters. The lowest BCUT2D eigenvalue weighted by Gasteiger charge is -2.41. The van der Waals surface area contributed by atoms with Crippen LogP contribution in [0.1, 0.15) is 116 Å². The highest BCUT2D eigenvalue weighted by molar-refractivity contribution is 6.02. The molecule has 4 rings (SSSR count). The number of aliphatic hydroxyl groups is 1. The summed E-state index contributed by atoms with van der Waals surface area (Å²) in [5.41, 5.74) is 5.79. The molecular weight excluding hydrogens is 1120 g/mol. The molecule has 2 heterocycles. The Morgan fingerprint density at radius 2 is 1.40 bits per heavy atom. The topological polar surface area (TPSA) is 393 Å². The number of nitrogens with zero attached hydrogens (tertiary/aromatic N) is 4. The van der Waals surface area contributed by atoms with Gasteiger partial charge in [0.1, 0.15) is 48.5 Å². The molecule has 3 aromatic rings. The number of carbonyl (C=O) groups is 13. The van der Waals surface area contributed by atoms with Crippen LogP contribution >= 0.6 is 0 Å². The smallest absolute Gasteiger partial charge is 0.333 e. The maximum atomic E-state index is 15.4. The molecule has 10 N–H and O–H groups in total. The molecule has 10 amide bonds. The summed E-state index contributed by atoms with van der Waals surface area (Å²) >= 11 is 0. The average molecular weight is 1200 g/mol. The first kappa shape index (κ1) is 68.3. The minimum atomic E-state index is -1.86. The Morgan fingerprint density at radius 1 is 0.765 bits per heavy atom. The highest BCUT2D eigenvalue weighted by Crippen LogP contribution is 2.41. The Hall–Kier alpha value is -9.15. The number of benzene rings is 2. The number of rotatable bonds is 32. The number of primary amides is 1. The molecule has 1 saturated heterocycles. The van der Waals surface area contributed by atoms with Crippen LogP contribution in [-0.2, 0) is 73.7 Å². The predicted octanol–water partition coefficient (Wildman–Crippen LogP) is 0.694. The summed E-state index contributed by atoms with van der Waals surface area (Å²) in [7, 11) is 1.19. The molecule has 462 valence electrons. The van der Waals surface area contributed by atoms with Crippen molar-refractivity contribution >= 4 is 77.0 Å². The van der Waals surface area contributed by atoms with Gasteiger partial charge in [-0.2, -0.15) is 0 Å². The Morgan fingerprint density at radius 3 is 2.00 bits per heavy atom. The molecule has 0 aliphatic carbocycles. The molecule has 85 heavy (non-hydrogen) atoms. The fraction of sp³-hybridized carbons (Fsp3) is 0.482. The normalized spacial score (nSPS) is 14.3. The van der Waals surface area contributed by atoms with Crippen LogP contribution in [0.3, 0.4) is 0 Å². The molecule has 1 aliphatic heterocycles. The van der Waals surface area contributed by atoms with Crippen LogP contribution in [-0.4, -0.2) is 169 Å². The fourth-order valence-electron chi connectivity index (χ4n) is 9.07. The summed E-state index contributed by atoms with van der Waals surface area (Å²) in [5, 5.41) is 41.3. The van der Waals surface area contributed by atoms with E-state index in [0.29, 0.717) is 10.8 Å². The van der Waals surface area contributed by atoms with Gasteiger partial charge in [-0.05, 0) is 68.4 Å². The van der Waals surface area contributed by atoms with Gasteiger partial charge in [0.2, 0.25) is 47.3 Å². The molecule has 2 aromatic carbocycles. The number of aliphatic carboxylic acids is 2. The summed E-state index contributed by atoms with van der Waals surface area (Å²) in [6, 6.07) is 4.49. The summed E-state index contributed by atoms with van der Waals surface area (Å²) in [6.07, 6.45) is -2.47. The maximum Gasteiger partial charge on any atom is 0.333 e. The SMILES string of the molecule is C[C@H](NC(=O)CCCC(=O)ON1C(=O)CCC1=O)C(=O)N(C)[C@@H](C)C(=O)N[C@@H](CC(N)=O)C(=O)N[C@@H](CCN(C(=O)CO)[C@@H](c1cc(-c2cc(F)ccc2F)cn1Cc1ccccc1)C(C)(C)C)C(=O)NCCC(=O)N[C@H](CCC(=O)O)C(=O)O. The minimum absolute atomic E-state index is 0.101. The van der Waals surface area contributed by atoms with E-state index >= 15 is 4.39 Å². The standard InChI is InChI=1S/C56H72F2N10O17/c1-31(61-43(71)13-10-14-49(78)85-68-45(73)18-19-46(68)74)54(82)65(6)32(2)51(79)64-40(27-42(59)70)53(81)63-38(52(80)60-23-21-44(72)62-39(55(83)84)17-20-48(76)77)22-24-67(47(75)30-69)50(56(3,4)5)41-25-34(36-26-35(57)15-16-37(36)58)29-66(41)28-33-11-8-7-9-12-33/h7-9,11-12,15-16,25-26,29,31-32,38-40,50,69H,10,13-14,17-24,27-28,30H2,1-6H3,(H2,59,70)(H,60,80)(H,61,71)(H,62,72)(H,63,81)(H,64,79)(H,76,77)(H,83,84)/t31-,32-,38-,39+,40-,50-/m0/s1. The number of imide groups is 1. The van der Waals surface area contributed by atoms with Crippen LogP contribution in [0.25, 0.3) is 11.1 Å². The quantitative estimate of drug-likeness (QED) is 0.0388. The van der Waals surface area contributed by atoms with E-state index in [1.807, 2.05) is 12.1 Å². The summed E-state index contributed by atoms with van der Waals surface area (Å²) in [6.45, 7) is 5.87. The van der Waals surface area contributed by atoms with E-state index in [2.05, 4.69) is 26.6 Å². The third-order valence-corrected chi connectivity index (χ3v) is 13.5. The zero-order valence-corrected chi connectivity index (χ0v) is 47.8. The van der Waals surface area contributed by atoms with Gasteiger partial charge >= 0.3 is 17.9 Å². The number of aromatic nitrogens is 1. The second-order valence-electron chi connectivity index (χ2n) is 21.2. The molecule has 1 aromatic heterocycles. The van der Waals surface area contributed by atoms with E-state index in [0.717, 1.165) is 28.7 Å². The van der Waals surface area contributed by atoms with Crippen molar-refractivity contribution in [3.63, 3.8) is 0 Å². The number of aliphatic hydroxyl groups excluding tert-OH is 1. The number of carbonyl (C=O) groups excluding carboxylic acids is 11. The molecule has 0 radical (unpaired) electrons. The number of amides is 10. The van der Waals surface area contributed by atoms with E-state index in [-0.39, 0.29) is 49.8 Å². The van der Waals surface area contributed by atoms with Crippen molar-refractivity contribution in [2.24, 2.45) is 11.1 Å². The third-order valence-electron chi connectivity index (χ3n) is 13.5. The number of likely N-dealkylation sites (N-methyl/N-ethyl adjacent to an activating group) is 1. The highest BCUT2D eigenvalue weighted by Gasteiger charge is 2.39. The minimum Gasteiger partial charge on any atom is -0.481 e. The molecule has 1 aliphatic rings. The number of halogens is 2. The molecule has 29 heteroatoms. The van der Waals surface area contributed by atoms with Crippen LogP contribution in [0.2, 0.25) is 0 Å². The van der Waals surface area contributed by atoms with Gasteiger partial charge in [-0.3, -0.25) is 52.7 Å². The lowest BCUT2D eigenvalue weighted by molar-refractivity contribution is -0.197. The summed E-state index contributed by atoms with van der Waals surface area (Å²) in [5.74, 6) is -14.4. The van der Waals surface area contributed by atoms with Gasteiger partial charge in [-0.15, -0.1) is 5.06 Å². The molecule has 0 saturated carbocycles. The molecule has 0 spiro atoms. The molecule has 27 nitrogen and oxygen atoms in total. The number of nitrogens with one attached hydrogen (secondary N) is 5.